The van der Waals surface area contributed by atoms with E-state index >= 15 is 0 Å². The van der Waals surface area contributed by atoms with Gasteiger partial charge in [0.15, 0.2) is 5.69 Å². The van der Waals surface area contributed by atoms with Gasteiger partial charge in [0.25, 0.3) is 0 Å². The molecule has 1 aromatic heterocycles. The molecule has 9 heteroatoms. The highest BCUT2D eigenvalue weighted by Gasteiger charge is 2.35. The number of anilines is 1. The Kier molecular flexibility index (Phi) is 5.64. The van der Waals surface area contributed by atoms with Gasteiger partial charge in [-0.05, 0) is 25.3 Å². The van der Waals surface area contributed by atoms with Crippen LogP contribution >= 0.6 is 9.39 Å². The first-order valence-electron chi connectivity index (χ1n) is 5.95. The van der Waals surface area contributed by atoms with Crippen molar-refractivity contribution in [2.24, 2.45) is 0 Å². The van der Waals surface area contributed by atoms with Crippen molar-refractivity contribution >= 4 is 21.4 Å². The summed E-state index contributed by atoms with van der Waals surface area (Å²) < 4.78 is 36.5. The maximum absolute atomic E-state index is 12.2. The fraction of sp³-hybridized carbons (Fsp3) is 0.417. The molecule has 0 saturated heterocycles. The van der Waals surface area contributed by atoms with Crippen LogP contribution in [-0.2, 0) is 11.0 Å². The number of hydrogen-bond donors (Lipinski definition) is 2. The fourth-order valence-corrected chi connectivity index (χ4v) is 2.00. The topological polar surface area (TPSA) is 91.8 Å². The molecule has 3 N–H and O–H groups in total. The largest absolute Gasteiger partial charge is 0.419 e. The summed E-state index contributed by atoms with van der Waals surface area (Å²) in [7, 11) is 2.38. The number of aromatic nitrogens is 1. The molecule has 0 spiro atoms. The van der Waals surface area contributed by atoms with Crippen LogP contribution in [0.25, 0.3) is 0 Å². The standard InChI is InChI=1S/C7H4F3N3.C5H10NOP/c8-7(9,10)5-1-4(12)3-13-6(5)2-11;7-4-5(6-8)2-1-3-5/h1,3H,12H2;4,6H,1-3,8H2. The highest BCUT2D eigenvalue weighted by molar-refractivity contribution is 7.13. The van der Waals surface area contributed by atoms with E-state index in [0.717, 1.165) is 25.3 Å². The molecule has 5 nitrogen and oxygen atoms in total. The van der Waals surface area contributed by atoms with Gasteiger partial charge in [-0.2, -0.15) is 18.4 Å². The van der Waals surface area contributed by atoms with Crippen molar-refractivity contribution in [2.75, 3.05) is 5.73 Å². The minimum atomic E-state index is -4.59. The summed E-state index contributed by atoms with van der Waals surface area (Å²) in [6.45, 7) is 0. The number of carbonyl (C=O) groups excluding carboxylic acids is 1. The predicted octanol–water partition coefficient (Wildman–Crippen LogP) is 2.04. The second kappa shape index (κ2) is 6.83. The minimum absolute atomic E-state index is 0.119. The number of hydrogen-bond acceptors (Lipinski definition) is 5. The Hall–Kier alpha value is -1.71. The van der Waals surface area contributed by atoms with Gasteiger partial charge in [0, 0.05) is 0 Å². The van der Waals surface area contributed by atoms with Gasteiger partial charge in [-0.1, -0.05) is 9.39 Å². The lowest BCUT2D eigenvalue weighted by atomic mass is 9.79. The van der Waals surface area contributed by atoms with Gasteiger partial charge in [0.05, 0.1) is 23.0 Å². The fourth-order valence-electron chi connectivity index (χ4n) is 1.64. The SMILES string of the molecule is N#Cc1ncc(N)cc1C(F)(F)F.O=CC1(NP)CCC1. The van der Waals surface area contributed by atoms with E-state index < -0.39 is 17.4 Å². The van der Waals surface area contributed by atoms with Crippen molar-refractivity contribution in [1.29, 1.82) is 5.26 Å². The van der Waals surface area contributed by atoms with E-state index in [-0.39, 0.29) is 11.2 Å². The van der Waals surface area contributed by atoms with Crippen LogP contribution in [-0.4, -0.2) is 16.8 Å². The Labute approximate surface area is 122 Å². The second-order valence-corrected chi connectivity index (χ2v) is 4.83. The number of rotatable bonds is 2. The van der Waals surface area contributed by atoms with E-state index in [4.69, 9.17) is 11.0 Å². The molecule has 21 heavy (non-hydrogen) atoms. The van der Waals surface area contributed by atoms with Crippen molar-refractivity contribution in [2.45, 2.75) is 31.0 Å². The highest BCUT2D eigenvalue weighted by Crippen LogP contribution is 2.32. The number of nitrogens with two attached hydrogens (primary N) is 1. The van der Waals surface area contributed by atoms with Gasteiger partial charge in [-0.25, -0.2) is 4.98 Å². The van der Waals surface area contributed by atoms with Gasteiger partial charge in [0.2, 0.25) is 0 Å². The van der Waals surface area contributed by atoms with Crippen molar-refractivity contribution in [3.63, 3.8) is 0 Å². The van der Waals surface area contributed by atoms with Gasteiger partial charge < -0.3 is 10.5 Å². The van der Waals surface area contributed by atoms with Crippen molar-refractivity contribution in [3.8, 4) is 6.07 Å². The molecule has 0 bridgehead atoms. The van der Waals surface area contributed by atoms with Gasteiger partial charge in [-0.3, -0.25) is 5.09 Å². The van der Waals surface area contributed by atoms with Crippen LogP contribution < -0.4 is 10.8 Å². The first-order valence-corrected chi connectivity index (χ1v) is 6.52. The minimum Gasteiger partial charge on any atom is -0.397 e. The maximum Gasteiger partial charge on any atom is 0.419 e. The van der Waals surface area contributed by atoms with Crippen LogP contribution in [0.1, 0.15) is 30.5 Å². The molecule has 2 rings (SSSR count). The molecule has 1 aromatic rings. The van der Waals surface area contributed by atoms with E-state index in [9.17, 15) is 18.0 Å². The van der Waals surface area contributed by atoms with Gasteiger partial charge in [0.1, 0.15) is 12.4 Å². The van der Waals surface area contributed by atoms with Gasteiger partial charge in [-0.15, -0.1) is 0 Å². The molecule has 1 saturated carbocycles. The van der Waals surface area contributed by atoms with Crippen LogP contribution in [0.15, 0.2) is 12.3 Å². The summed E-state index contributed by atoms with van der Waals surface area (Å²) in [4.78, 5) is 13.5. The van der Waals surface area contributed by atoms with Crippen LogP contribution in [0.5, 0.6) is 0 Å². The van der Waals surface area contributed by atoms with Crippen LogP contribution in [0.4, 0.5) is 18.9 Å². The highest BCUT2D eigenvalue weighted by atomic mass is 31.0. The quantitative estimate of drug-likeness (QED) is 0.643. The molecule has 1 aliphatic rings. The average Bonchev–Trinajstić information content (AvgIpc) is 2.38. The number of nitrogens with zero attached hydrogens (tertiary/aromatic N) is 2. The normalized spacial score (nSPS) is 16.0. The van der Waals surface area contributed by atoms with Crippen LogP contribution in [0.2, 0.25) is 0 Å². The molecule has 114 valence electrons. The zero-order valence-electron chi connectivity index (χ0n) is 10.9. The molecule has 0 amide bonds. The molecule has 1 heterocycles. The Morgan fingerprint density at radius 1 is 1.52 bits per heavy atom. The summed E-state index contributed by atoms with van der Waals surface area (Å²) in [5.41, 5.74) is 3.06. The lowest BCUT2D eigenvalue weighted by molar-refractivity contribution is -0.138. The number of aldehydes is 1. The van der Waals surface area contributed by atoms with Crippen molar-refractivity contribution < 1.29 is 18.0 Å². The lowest BCUT2D eigenvalue weighted by Crippen LogP contribution is -2.47. The Bertz CT molecular complexity index is 547. The molecule has 1 aliphatic carbocycles. The third kappa shape index (κ3) is 4.38. The van der Waals surface area contributed by atoms with E-state index in [1.165, 1.54) is 12.5 Å². The summed E-state index contributed by atoms with van der Waals surface area (Å²) in [5, 5.41) is 11.2. The number of nitrogens with one attached hydrogen (secondary N) is 1. The average molecular weight is 318 g/mol. The first-order chi connectivity index (χ1) is 9.78. The second-order valence-electron chi connectivity index (χ2n) is 4.55. The molecule has 1 unspecified atom stereocenters. The monoisotopic (exact) mass is 318 g/mol. The summed E-state index contributed by atoms with van der Waals surface area (Å²) in [6, 6.07) is 2.03. The van der Waals surface area contributed by atoms with E-state index in [1.807, 2.05) is 0 Å². The maximum atomic E-state index is 12.2. The van der Waals surface area contributed by atoms with Gasteiger partial charge >= 0.3 is 6.18 Å². The lowest BCUT2D eigenvalue weighted by Gasteiger charge is -2.35. The molecule has 0 radical (unpaired) electrons. The van der Waals surface area contributed by atoms with Crippen LogP contribution in [0.3, 0.4) is 0 Å². The number of alkyl halides is 3. The Morgan fingerprint density at radius 2 is 2.14 bits per heavy atom. The molecule has 0 aliphatic heterocycles. The summed E-state index contributed by atoms with van der Waals surface area (Å²) in [6.07, 6.45) is 0.602. The zero-order valence-corrected chi connectivity index (χ0v) is 12.1. The molecule has 1 fully saturated rings. The van der Waals surface area contributed by atoms with E-state index in [0.29, 0.717) is 6.07 Å². The molecule has 0 aromatic carbocycles. The third-order valence-electron chi connectivity index (χ3n) is 3.08. The zero-order chi connectivity index (χ0) is 16.1. The summed E-state index contributed by atoms with van der Waals surface area (Å²) >= 11 is 0. The van der Waals surface area contributed by atoms with E-state index in [2.05, 4.69) is 19.5 Å². The number of halogens is 3. The first kappa shape index (κ1) is 17.3. The third-order valence-corrected chi connectivity index (χ3v) is 3.65. The Morgan fingerprint density at radius 3 is 2.43 bits per heavy atom. The number of nitrogen functional groups attached to an aromatic ring is 1. The number of pyridine rings is 1. The molecule has 1 atom stereocenters. The van der Waals surface area contributed by atoms with Crippen molar-refractivity contribution in [3.05, 3.63) is 23.5 Å². The number of carbonyl (C=O) groups is 1. The number of nitriles is 1. The predicted molar refractivity (Wildman–Crippen MR) is 73.9 cm³/mol. The van der Waals surface area contributed by atoms with Crippen LogP contribution in [0, 0.1) is 11.3 Å². The van der Waals surface area contributed by atoms with E-state index in [1.54, 1.807) is 0 Å². The Balaban J connectivity index is 0.000000235. The smallest absolute Gasteiger partial charge is 0.397 e. The van der Waals surface area contributed by atoms with Crippen molar-refractivity contribution in [1.82, 2.24) is 10.1 Å². The molecular formula is C12H14F3N4OP. The summed E-state index contributed by atoms with van der Waals surface area (Å²) in [5.74, 6) is 0. The molecular weight excluding hydrogens is 304 g/mol.